The second kappa shape index (κ2) is 7.34. The topological polar surface area (TPSA) is 57.2 Å². The highest BCUT2D eigenvalue weighted by atomic mass is 35.5. The summed E-state index contributed by atoms with van der Waals surface area (Å²) in [6.45, 7) is 1.04. The Bertz CT molecular complexity index is 456. The fraction of sp³-hybridized carbons (Fsp3) is 0.643. The standard InChI is InChI=1S/C14H21Cl2N3O/c1-17-13-11(15)6-12(16)14(19-13)18-7-9-4-2-3-5-10(9)8-20/h6,9-10,20H,2-5,7-8H2,1H3,(H2,17,18,19). The molecular formula is C14H21Cl2N3O. The summed E-state index contributed by atoms with van der Waals surface area (Å²) in [4.78, 5) is 4.38. The van der Waals surface area contributed by atoms with E-state index >= 15 is 0 Å². The number of anilines is 2. The number of aliphatic hydroxyl groups excluding tert-OH is 1. The Labute approximate surface area is 129 Å². The molecule has 0 aromatic carbocycles. The maximum Gasteiger partial charge on any atom is 0.147 e. The molecule has 1 saturated carbocycles. The summed E-state index contributed by atoms with van der Waals surface area (Å²) in [5.74, 6) is 2.11. The Kier molecular flexibility index (Phi) is 5.75. The van der Waals surface area contributed by atoms with Crippen molar-refractivity contribution in [2.75, 3.05) is 30.8 Å². The number of aliphatic hydroxyl groups is 1. The van der Waals surface area contributed by atoms with E-state index in [1.54, 1.807) is 13.1 Å². The monoisotopic (exact) mass is 317 g/mol. The van der Waals surface area contributed by atoms with E-state index in [0.717, 1.165) is 19.4 Å². The molecule has 4 nitrogen and oxygen atoms in total. The van der Waals surface area contributed by atoms with Crippen LogP contribution in [0.3, 0.4) is 0 Å². The van der Waals surface area contributed by atoms with Gasteiger partial charge in [0.25, 0.3) is 0 Å². The van der Waals surface area contributed by atoms with E-state index in [-0.39, 0.29) is 6.61 Å². The van der Waals surface area contributed by atoms with Crippen molar-refractivity contribution in [3.8, 4) is 0 Å². The molecule has 1 aromatic rings. The molecule has 2 rings (SSSR count). The van der Waals surface area contributed by atoms with Gasteiger partial charge in [-0.15, -0.1) is 0 Å². The summed E-state index contributed by atoms with van der Waals surface area (Å²) in [5.41, 5.74) is 0. The number of halogens is 2. The first kappa shape index (κ1) is 15.7. The van der Waals surface area contributed by atoms with Crippen LogP contribution in [-0.4, -0.2) is 30.3 Å². The molecule has 3 N–H and O–H groups in total. The molecule has 1 fully saturated rings. The predicted octanol–water partition coefficient (Wildman–Crippen LogP) is 3.64. The lowest BCUT2D eigenvalue weighted by Crippen LogP contribution is -2.28. The van der Waals surface area contributed by atoms with Crippen LogP contribution in [0.5, 0.6) is 0 Å². The van der Waals surface area contributed by atoms with Crippen molar-refractivity contribution in [2.45, 2.75) is 25.7 Å². The fourth-order valence-electron chi connectivity index (χ4n) is 2.79. The van der Waals surface area contributed by atoms with Gasteiger partial charge in [0, 0.05) is 20.2 Å². The van der Waals surface area contributed by atoms with Gasteiger partial charge in [-0.25, -0.2) is 4.98 Å². The number of nitrogens with zero attached hydrogens (tertiary/aromatic N) is 1. The Balaban J connectivity index is 2.02. The van der Waals surface area contributed by atoms with Gasteiger partial charge in [0.1, 0.15) is 11.6 Å². The van der Waals surface area contributed by atoms with Crippen LogP contribution in [0.1, 0.15) is 25.7 Å². The van der Waals surface area contributed by atoms with Crippen LogP contribution in [0.4, 0.5) is 11.6 Å². The zero-order valence-corrected chi connectivity index (χ0v) is 13.1. The summed E-state index contributed by atoms with van der Waals surface area (Å²) in [7, 11) is 1.77. The molecule has 0 saturated heterocycles. The van der Waals surface area contributed by atoms with Gasteiger partial charge < -0.3 is 15.7 Å². The third kappa shape index (κ3) is 3.68. The molecule has 6 heteroatoms. The molecule has 0 spiro atoms. The van der Waals surface area contributed by atoms with Crippen molar-refractivity contribution >= 4 is 34.8 Å². The third-order valence-corrected chi connectivity index (χ3v) is 4.58. The summed E-state index contributed by atoms with van der Waals surface area (Å²) in [6, 6.07) is 1.69. The first-order valence-corrected chi connectivity index (χ1v) is 7.79. The Morgan fingerprint density at radius 2 is 1.85 bits per heavy atom. The summed E-state index contributed by atoms with van der Waals surface area (Å²) in [6.07, 6.45) is 4.69. The Morgan fingerprint density at radius 3 is 2.50 bits per heavy atom. The molecule has 20 heavy (non-hydrogen) atoms. The molecule has 1 aliphatic carbocycles. The molecule has 1 aliphatic rings. The zero-order chi connectivity index (χ0) is 14.5. The number of hydrogen-bond donors (Lipinski definition) is 3. The quantitative estimate of drug-likeness (QED) is 0.776. The minimum absolute atomic E-state index is 0.260. The minimum Gasteiger partial charge on any atom is -0.396 e. The van der Waals surface area contributed by atoms with Crippen molar-refractivity contribution in [1.29, 1.82) is 0 Å². The van der Waals surface area contributed by atoms with Crippen LogP contribution in [0, 0.1) is 11.8 Å². The van der Waals surface area contributed by atoms with Crippen molar-refractivity contribution in [1.82, 2.24) is 4.98 Å². The van der Waals surface area contributed by atoms with Crippen LogP contribution >= 0.6 is 23.2 Å². The average molecular weight is 318 g/mol. The average Bonchev–Trinajstić information content (AvgIpc) is 2.46. The predicted molar refractivity (Wildman–Crippen MR) is 84.8 cm³/mol. The van der Waals surface area contributed by atoms with Crippen molar-refractivity contribution in [3.63, 3.8) is 0 Å². The maximum absolute atomic E-state index is 9.43. The van der Waals surface area contributed by atoms with Gasteiger partial charge in [-0.05, 0) is 30.7 Å². The summed E-state index contributed by atoms with van der Waals surface area (Å²) < 4.78 is 0. The molecule has 0 radical (unpaired) electrons. The van der Waals surface area contributed by atoms with Crippen LogP contribution in [0.25, 0.3) is 0 Å². The molecule has 1 aromatic heterocycles. The molecule has 0 aliphatic heterocycles. The van der Waals surface area contributed by atoms with Crippen LogP contribution in [0.2, 0.25) is 10.0 Å². The normalized spacial score (nSPS) is 22.6. The van der Waals surface area contributed by atoms with Gasteiger partial charge in [0.05, 0.1) is 10.0 Å². The van der Waals surface area contributed by atoms with Gasteiger partial charge >= 0.3 is 0 Å². The van der Waals surface area contributed by atoms with Crippen molar-refractivity contribution < 1.29 is 5.11 Å². The Hall–Kier alpha value is -0.710. The van der Waals surface area contributed by atoms with E-state index in [1.165, 1.54) is 12.8 Å². The molecule has 1 heterocycles. The van der Waals surface area contributed by atoms with E-state index in [2.05, 4.69) is 15.6 Å². The lowest BCUT2D eigenvalue weighted by Gasteiger charge is -2.30. The number of aromatic nitrogens is 1. The zero-order valence-electron chi connectivity index (χ0n) is 11.6. The molecule has 2 atom stereocenters. The molecular weight excluding hydrogens is 297 g/mol. The van der Waals surface area contributed by atoms with Crippen LogP contribution < -0.4 is 10.6 Å². The highest BCUT2D eigenvalue weighted by molar-refractivity contribution is 6.37. The number of nitrogens with one attached hydrogen (secondary N) is 2. The van der Waals surface area contributed by atoms with E-state index in [9.17, 15) is 5.11 Å². The van der Waals surface area contributed by atoms with Crippen LogP contribution in [0.15, 0.2) is 6.07 Å². The largest absolute Gasteiger partial charge is 0.396 e. The molecule has 0 amide bonds. The van der Waals surface area contributed by atoms with Crippen molar-refractivity contribution in [3.05, 3.63) is 16.1 Å². The van der Waals surface area contributed by atoms with E-state index in [1.807, 2.05) is 0 Å². The first-order valence-electron chi connectivity index (χ1n) is 7.04. The minimum atomic E-state index is 0.260. The highest BCUT2D eigenvalue weighted by Gasteiger charge is 2.24. The molecule has 0 bridgehead atoms. The smallest absolute Gasteiger partial charge is 0.147 e. The lowest BCUT2D eigenvalue weighted by atomic mass is 9.79. The Morgan fingerprint density at radius 1 is 1.20 bits per heavy atom. The van der Waals surface area contributed by atoms with Gasteiger partial charge in [-0.1, -0.05) is 36.0 Å². The third-order valence-electron chi connectivity index (χ3n) is 4.00. The van der Waals surface area contributed by atoms with E-state index in [0.29, 0.717) is 33.5 Å². The van der Waals surface area contributed by atoms with E-state index < -0.39 is 0 Å². The number of pyridine rings is 1. The van der Waals surface area contributed by atoms with Crippen molar-refractivity contribution in [2.24, 2.45) is 11.8 Å². The number of rotatable bonds is 5. The van der Waals surface area contributed by atoms with Crippen LogP contribution in [-0.2, 0) is 0 Å². The number of hydrogen-bond acceptors (Lipinski definition) is 4. The second-order valence-electron chi connectivity index (χ2n) is 5.27. The highest BCUT2D eigenvalue weighted by Crippen LogP contribution is 2.32. The maximum atomic E-state index is 9.43. The summed E-state index contributed by atoms with van der Waals surface area (Å²) in [5, 5.41) is 16.7. The molecule has 112 valence electrons. The van der Waals surface area contributed by atoms with Gasteiger partial charge in [0.15, 0.2) is 0 Å². The second-order valence-corrected chi connectivity index (χ2v) is 6.08. The van der Waals surface area contributed by atoms with Gasteiger partial charge in [-0.2, -0.15) is 0 Å². The summed E-state index contributed by atoms with van der Waals surface area (Å²) >= 11 is 12.2. The molecule has 2 unspecified atom stereocenters. The fourth-order valence-corrected chi connectivity index (χ4v) is 3.31. The van der Waals surface area contributed by atoms with E-state index in [4.69, 9.17) is 23.2 Å². The SMILES string of the molecule is CNc1nc(NCC2CCCCC2CO)c(Cl)cc1Cl. The first-order chi connectivity index (χ1) is 9.65. The lowest BCUT2D eigenvalue weighted by molar-refractivity contribution is 0.141. The van der Waals surface area contributed by atoms with Gasteiger partial charge in [0.2, 0.25) is 0 Å². The van der Waals surface area contributed by atoms with Gasteiger partial charge in [-0.3, -0.25) is 0 Å².